The minimum absolute atomic E-state index is 0.0534. The van der Waals surface area contributed by atoms with Crippen molar-refractivity contribution in [3.63, 3.8) is 0 Å². The highest BCUT2D eigenvalue weighted by molar-refractivity contribution is 7.91. The molecule has 0 spiro atoms. The van der Waals surface area contributed by atoms with Gasteiger partial charge >= 0.3 is 0 Å². The highest BCUT2D eigenvalue weighted by Crippen LogP contribution is 2.36. The van der Waals surface area contributed by atoms with Gasteiger partial charge in [-0.2, -0.15) is 0 Å². The maximum Gasteiger partial charge on any atom is 0.233 e. The van der Waals surface area contributed by atoms with Crippen LogP contribution in [0.15, 0.2) is 24.5 Å². The Morgan fingerprint density at radius 3 is 2.78 bits per heavy atom. The van der Waals surface area contributed by atoms with Crippen LogP contribution in [0.4, 0.5) is 0 Å². The Morgan fingerprint density at radius 2 is 2.26 bits per heavy atom. The van der Waals surface area contributed by atoms with Crippen molar-refractivity contribution in [3.05, 3.63) is 40.2 Å². The molecule has 2 aliphatic rings. The van der Waals surface area contributed by atoms with Crippen LogP contribution in [-0.4, -0.2) is 52.7 Å². The Balaban J connectivity index is 1.79. The second kappa shape index (κ2) is 5.88. The number of hydrogen-bond donors (Lipinski definition) is 0. The number of carbonyl (C=O) groups excluding carboxylic acids is 1. The van der Waals surface area contributed by atoms with Gasteiger partial charge in [-0.1, -0.05) is 6.07 Å². The zero-order chi connectivity index (χ0) is 16.6. The fourth-order valence-electron chi connectivity index (χ4n) is 2.99. The van der Waals surface area contributed by atoms with Crippen molar-refractivity contribution in [3.8, 4) is 0 Å². The molecule has 3 unspecified atom stereocenters. The van der Waals surface area contributed by atoms with Gasteiger partial charge in [-0.05, 0) is 18.1 Å². The third kappa shape index (κ3) is 3.49. The van der Waals surface area contributed by atoms with Crippen molar-refractivity contribution >= 4 is 15.7 Å². The molecule has 3 atom stereocenters. The van der Waals surface area contributed by atoms with E-state index in [-0.39, 0.29) is 30.4 Å². The van der Waals surface area contributed by atoms with E-state index in [1.807, 2.05) is 0 Å². The molecule has 0 N–H and O–H groups in total. The van der Waals surface area contributed by atoms with Crippen molar-refractivity contribution < 1.29 is 18.1 Å². The Hall–Kier alpha value is -2.03. The van der Waals surface area contributed by atoms with Gasteiger partial charge in [0, 0.05) is 36.3 Å². The average molecular weight is 339 g/mol. The normalized spacial score (nSPS) is 28.3. The van der Waals surface area contributed by atoms with Crippen LogP contribution in [0.25, 0.3) is 0 Å². The van der Waals surface area contributed by atoms with Gasteiger partial charge in [0.25, 0.3) is 0 Å². The standard InChI is InChI=1S/C14H17N3O5S/c18-14(12-6-13(12)17(19)20)16(8-10-2-1-4-15-7-10)11-3-5-23(21,22)9-11/h1-2,4,7,11-13H,3,5-6,8-9H2. The first kappa shape index (κ1) is 15.9. The van der Waals surface area contributed by atoms with Gasteiger partial charge in [-0.15, -0.1) is 0 Å². The number of sulfone groups is 1. The molecular formula is C14H17N3O5S. The van der Waals surface area contributed by atoms with Gasteiger partial charge in [0.1, 0.15) is 5.92 Å². The summed E-state index contributed by atoms with van der Waals surface area (Å²) in [5.74, 6) is -0.977. The lowest BCUT2D eigenvalue weighted by atomic mass is 10.1. The molecule has 2 fully saturated rings. The van der Waals surface area contributed by atoms with Crippen LogP contribution in [0, 0.1) is 16.0 Å². The summed E-state index contributed by atoms with van der Waals surface area (Å²) in [5, 5.41) is 10.8. The number of rotatable bonds is 5. The van der Waals surface area contributed by atoms with Crippen LogP contribution in [0.5, 0.6) is 0 Å². The van der Waals surface area contributed by atoms with Crippen LogP contribution < -0.4 is 0 Å². The number of aromatic nitrogens is 1. The molecule has 1 aromatic heterocycles. The quantitative estimate of drug-likeness (QED) is 0.562. The predicted molar refractivity (Wildman–Crippen MR) is 80.7 cm³/mol. The number of amides is 1. The molecule has 124 valence electrons. The summed E-state index contributed by atoms with van der Waals surface area (Å²) in [7, 11) is -3.14. The first-order valence-corrected chi connectivity index (χ1v) is 9.23. The van der Waals surface area contributed by atoms with Gasteiger partial charge in [0.15, 0.2) is 9.84 Å². The van der Waals surface area contributed by atoms with Crippen LogP contribution in [0.3, 0.4) is 0 Å². The van der Waals surface area contributed by atoms with Gasteiger partial charge in [-0.25, -0.2) is 8.42 Å². The van der Waals surface area contributed by atoms with Crippen molar-refractivity contribution in [1.29, 1.82) is 0 Å². The van der Waals surface area contributed by atoms with Crippen molar-refractivity contribution in [2.75, 3.05) is 11.5 Å². The maximum atomic E-state index is 12.6. The predicted octanol–water partition coefficient (Wildman–Crippen LogP) is 0.262. The summed E-state index contributed by atoms with van der Waals surface area (Å²) in [5.41, 5.74) is 0.781. The largest absolute Gasteiger partial charge is 0.334 e. The van der Waals surface area contributed by atoms with E-state index in [1.165, 1.54) is 4.90 Å². The first-order chi connectivity index (χ1) is 10.9. The van der Waals surface area contributed by atoms with Crippen molar-refractivity contribution in [2.24, 2.45) is 5.92 Å². The Bertz CT molecular complexity index is 721. The molecule has 0 aromatic carbocycles. The van der Waals surface area contributed by atoms with Crippen LogP contribution in [0.1, 0.15) is 18.4 Å². The molecule has 23 heavy (non-hydrogen) atoms. The molecule has 1 saturated carbocycles. The minimum atomic E-state index is -3.14. The monoisotopic (exact) mass is 339 g/mol. The van der Waals surface area contributed by atoms with Gasteiger partial charge in [0.2, 0.25) is 11.9 Å². The van der Waals surface area contributed by atoms with Crippen LogP contribution >= 0.6 is 0 Å². The molecule has 2 heterocycles. The topological polar surface area (TPSA) is 110 Å². The lowest BCUT2D eigenvalue weighted by molar-refractivity contribution is -0.497. The molecule has 1 aliphatic carbocycles. The molecule has 1 aromatic rings. The van der Waals surface area contributed by atoms with Gasteiger partial charge in [-0.3, -0.25) is 19.9 Å². The minimum Gasteiger partial charge on any atom is -0.334 e. The molecule has 0 radical (unpaired) electrons. The highest BCUT2D eigenvalue weighted by Gasteiger charge is 2.55. The van der Waals surface area contributed by atoms with E-state index in [0.717, 1.165) is 5.56 Å². The fourth-order valence-corrected chi connectivity index (χ4v) is 4.72. The summed E-state index contributed by atoms with van der Waals surface area (Å²) < 4.78 is 23.4. The first-order valence-electron chi connectivity index (χ1n) is 7.41. The molecule has 1 saturated heterocycles. The Labute approximate surface area is 133 Å². The Kier molecular flexibility index (Phi) is 4.05. The highest BCUT2D eigenvalue weighted by atomic mass is 32.2. The van der Waals surface area contributed by atoms with Gasteiger partial charge in [0.05, 0.1) is 11.5 Å². The van der Waals surface area contributed by atoms with Gasteiger partial charge < -0.3 is 4.90 Å². The third-order valence-electron chi connectivity index (χ3n) is 4.35. The second-order valence-corrected chi connectivity index (χ2v) is 8.31. The van der Waals surface area contributed by atoms with Crippen LogP contribution in [-0.2, 0) is 21.2 Å². The molecule has 3 rings (SSSR count). The lowest BCUT2D eigenvalue weighted by Crippen LogP contribution is -2.42. The Morgan fingerprint density at radius 1 is 1.48 bits per heavy atom. The third-order valence-corrected chi connectivity index (χ3v) is 6.10. The summed E-state index contributed by atoms with van der Waals surface area (Å²) in [6.07, 6.45) is 3.83. The summed E-state index contributed by atoms with van der Waals surface area (Å²) in [4.78, 5) is 28.5. The fraction of sp³-hybridized carbons (Fsp3) is 0.571. The molecule has 1 amide bonds. The molecule has 0 bridgehead atoms. The maximum absolute atomic E-state index is 12.6. The van der Waals surface area contributed by atoms with Crippen molar-refractivity contribution in [2.45, 2.75) is 31.5 Å². The van der Waals surface area contributed by atoms with E-state index in [0.29, 0.717) is 6.42 Å². The SMILES string of the molecule is O=C(C1CC1[N+](=O)[O-])N(Cc1cccnc1)C1CCS(=O)(=O)C1. The van der Waals surface area contributed by atoms with E-state index >= 15 is 0 Å². The number of pyridine rings is 1. The molecule has 9 heteroatoms. The van der Waals surface area contributed by atoms with E-state index in [4.69, 9.17) is 0 Å². The van der Waals surface area contributed by atoms with E-state index in [9.17, 15) is 23.3 Å². The van der Waals surface area contributed by atoms with Crippen molar-refractivity contribution in [1.82, 2.24) is 9.88 Å². The number of hydrogen-bond acceptors (Lipinski definition) is 6. The summed E-state index contributed by atoms with van der Waals surface area (Å²) in [6, 6.07) is 2.28. The van der Waals surface area contributed by atoms with Crippen LogP contribution in [0.2, 0.25) is 0 Å². The zero-order valence-electron chi connectivity index (χ0n) is 12.4. The number of nitro groups is 1. The summed E-state index contributed by atoms with van der Waals surface area (Å²) >= 11 is 0. The molecular weight excluding hydrogens is 322 g/mol. The van der Waals surface area contributed by atoms with E-state index in [2.05, 4.69) is 4.98 Å². The molecule has 8 nitrogen and oxygen atoms in total. The number of carbonyl (C=O) groups is 1. The second-order valence-electron chi connectivity index (χ2n) is 6.08. The molecule has 1 aliphatic heterocycles. The number of nitrogens with zero attached hydrogens (tertiary/aromatic N) is 3. The average Bonchev–Trinajstić information content (AvgIpc) is 3.23. The van der Waals surface area contributed by atoms with E-state index in [1.54, 1.807) is 24.5 Å². The smallest absolute Gasteiger partial charge is 0.233 e. The van der Waals surface area contributed by atoms with E-state index < -0.39 is 32.8 Å². The summed E-state index contributed by atoms with van der Waals surface area (Å²) in [6.45, 7) is 0.230. The zero-order valence-corrected chi connectivity index (χ0v) is 13.2. The lowest BCUT2D eigenvalue weighted by Gasteiger charge is -2.28.